The van der Waals surface area contributed by atoms with Crippen LogP contribution in [0.15, 0.2) is 11.6 Å². The fourth-order valence-electron chi connectivity index (χ4n) is 21.4. The van der Waals surface area contributed by atoms with Gasteiger partial charge in [-0.1, -0.05) is 39.3 Å². The van der Waals surface area contributed by atoms with Crippen LogP contribution in [-0.4, -0.2) is 390 Å². The van der Waals surface area contributed by atoms with Crippen LogP contribution in [0.4, 0.5) is 0 Å². The zero-order valence-electron chi connectivity index (χ0n) is 66.5. The number of hydrogen-bond donors (Lipinski definition) is 22. The number of esters is 2. The topological polar surface area (TPSA) is 652 Å². The molecule has 22 N–H and O–H groups in total. The monoisotopic (exact) mass is 1690 g/mol. The first-order valence-corrected chi connectivity index (χ1v) is 40.1. The van der Waals surface area contributed by atoms with Crippen LogP contribution in [0.2, 0.25) is 0 Å². The highest BCUT2D eigenvalue weighted by Gasteiger charge is 2.74. The van der Waals surface area contributed by atoms with Crippen molar-refractivity contribution in [2.45, 2.75) is 347 Å². The minimum absolute atomic E-state index is 0.0419. The lowest BCUT2D eigenvalue weighted by atomic mass is 9.33. The molecular weight excluding hydrogens is 1570 g/mol. The van der Waals surface area contributed by atoms with Gasteiger partial charge in [-0.05, 0) is 126 Å². The molecule has 7 aliphatic heterocycles. The average Bonchev–Trinajstić information content (AvgIpc) is 1.02. The molecule has 0 bridgehead atoms. The van der Waals surface area contributed by atoms with E-state index in [2.05, 4.69) is 0 Å². The number of carbonyl (C=O) groups is 4. The maximum absolute atomic E-state index is 16.4. The molecule has 12 aliphatic rings. The van der Waals surface area contributed by atoms with Gasteiger partial charge >= 0.3 is 23.9 Å². The maximum atomic E-state index is 16.4. The van der Waals surface area contributed by atoms with E-state index < -0.39 is 341 Å². The number of aliphatic carboxylic acids is 2. The number of carbonyl (C=O) groups excluding carboxylic acids is 2. The highest BCUT2D eigenvalue weighted by atomic mass is 16.8. The van der Waals surface area contributed by atoms with Crippen LogP contribution in [0.25, 0.3) is 0 Å². The van der Waals surface area contributed by atoms with E-state index >= 15 is 4.79 Å². The molecule has 0 spiro atoms. The summed E-state index contributed by atoms with van der Waals surface area (Å²) < 4.78 is 91.0. The molecule has 4 saturated carbocycles. The summed E-state index contributed by atoms with van der Waals surface area (Å²) in [6.45, 7) is 9.77. The summed E-state index contributed by atoms with van der Waals surface area (Å²) in [6.07, 6.45) is -59.0. The Hall–Kier alpha value is -3.70. The Bertz CT molecular complexity index is 3500. The Morgan fingerprint density at radius 2 is 1.06 bits per heavy atom. The van der Waals surface area contributed by atoms with Crippen LogP contribution in [0.1, 0.15) is 133 Å². The van der Waals surface area contributed by atoms with E-state index in [1.54, 1.807) is 0 Å². The minimum Gasteiger partial charge on any atom is -0.481 e. The zero-order valence-corrected chi connectivity index (χ0v) is 66.5. The first-order valence-electron chi connectivity index (χ1n) is 40.1. The molecule has 0 radical (unpaired) electrons. The summed E-state index contributed by atoms with van der Waals surface area (Å²) in [7, 11) is 0. The highest BCUT2D eigenvalue weighted by Crippen LogP contribution is 2.76. The molecular formula is C76H120O41. The van der Waals surface area contributed by atoms with Crippen LogP contribution in [0.5, 0.6) is 0 Å². The number of hydrogen-bond acceptors (Lipinski definition) is 39. The summed E-state index contributed by atoms with van der Waals surface area (Å²) in [6, 6.07) is 0. The SMILES string of the molecule is C[C@@H]1O[C@@H](O[C@H]2[C@@H](O)[C@@H](C)O[C@@H](OC(=O)[C@]34CCC(C)(C)C[C@H]3C3=CC[C@@H]5[C@@]6(C)C[C@H](O)[C@H](O[C@@H]7O[C@H](CO)[C@@H](O)[C@H](O)[C@H]7O)[C@@](C)(C(=O)O)[C@@H]6CC[C@@]5(C)[C@]3(CO)CC4)[C@@H]2O[C@@H]2O[C@@H](C)[C@H](O[C@@H]3OC[C@@H](O[C@@H]4O[C@H](CO)[C@H](O)[C@H](O)[C@H]4O)[C@H](O)[C@H]3O)[C@@H](O[C@@H]3OC[C@](O)(COC(=O)C[C@@](C)(O)CC(=O)O)[C@H]3O)[C@H]2O)[C@H](O)[C@H](O)[C@H]1O. The minimum atomic E-state index is -2.56. The van der Waals surface area contributed by atoms with Gasteiger partial charge in [-0.25, -0.2) is 0 Å². The van der Waals surface area contributed by atoms with Crippen molar-refractivity contribution < 1.29 is 203 Å². The number of aliphatic hydroxyl groups is 20. The second-order valence-electron chi connectivity index (χ2n) is 36.5. The smallest absolute Gasteiger partial charge is 0.315 e. The Morgan fingerprint density at radius 3 is 1.67 bits per heavy atom. The Balaban J connectivity index is 0.855. The van der Waals surface area contributed by atoms with E-state index in [9.17, 15) is 127 Å². The molecule has 41 nitrogen and oxygen atoms in total. The van der Waals surface area contributed by atoms with Crippen molar-refractivity contribution >= 4 is 23.9 Å². The number of fused-ring (bicyclic) bond motifs is 7. The van der Waals surface area contributed by atoms with Crippen LogP contribution in [0.3, 0.4) is 0 Å². The standard InChI is InChI=1S/C76H120O41/c1-28-41(84)46(89)50(93)61(106-28)113-55-42(85)29(2)107-65(117-68(100)74-15-14-69(4,5)18-32(74)31-10-11-37-71(7)19-33(80)59(116-63-52(95)48(91)44(87)35(23-78)110-63)73(9,67(98)99)38(71)12-13-72(37,8)75(31,25-79)17-16-74)57(55)115-64-53(96)56(114-66-58(97)76(102,27-105-66)26-104-40(83)21-70(6,101)20-39(81)82)54(30(3)108-64)112-60-49(92)45(88)36(24-103-60)111-62-51(94)47(90)43(86)34(22-77)109-62/h10,28-30,32-38,41-66,77-80,84-97,101-102H,11-27H2,1-9H3,(H,81,82)(H,98,99)/t28-,29+,30-,32-,33-,34+,35+,36+,37+,38+,41-,42-,43-,44+,45-,46+,47-,48-,49+,50+,51+,52+,53+,54-,55-,56-,57+,58-,59-,60-,61-,62-,63-,64-,65-,66-,70-,71+,72+,73-,74-,75-,76+/m0/s1. The van der Waals surface area contributed by atoms with Gasteiger partial charge in [-0.3, -0.25) is 19.2 Å². The fraction of sp³-hybridized carbons (Fsp3) is 0.921. The van der Waals surface area contributed by atoms with E-state index in [1.807, 2.05) is 33.8 Å². The first kappa shape index (κ1) is 92.5. The van der Waals surface area contributed by atoms with Gasteiger partial charge in [0.1, 0.15) is 135 Å². The summed E-state index contributed by atoms with van der Waals surface area (Å²) in [4.78, 5) is 54.8. The van der Waals surface area contributed by atoms with Crippen molar-refractivity contribution in [3.63, 3.8) is 0 Å². The molecule has 0 aromatic heterocycles. The number of carboxylic acid groups (broad SMARTS) is 2. The Morgan fingerprint density at radius 1 is 0.530 bits per heavy atom. The third-order valence-electron chi connectivity index (χ3n) is 28.3. The third kappa shape index (κ3) is 16.7. The summed E-state index contributed by atoms with van der Waals surface area (Å²) in [5, 5.41) is 246. The van der Waals surface area contributed by atoms with Crippen molar-refractivity contribution in [2.75, 3.05) is 39.6 Å². The third-order valence-corrected chi connectivity index (χ3v) is 28.3. The molecule has 7 saturated heterocycles. The van der Waals surface area contributed by atoms with E-state index in [4.69, 9.17) is 71.1 Å². The molecule has 0 aromatic carbocycles. The molecule has 0 unspecified atom stereocenters. The molecule has 11 fully saturated rings. The van der Waals surface area contributed by atoms with E-state index in [0.29, 0.717) is 19.3 Å². The van der Waals surface area contributed by atoms with Gasteiger partial charge in [-0.2, -0.15) is 0 Å². The van der Waals surface area contributed by atoms with Crippen molar-refractivity contribution in [2.24, 2.45) is 50.2 Å². The Kier molecular flexibility index (Phi) is 27.4. The van der Waals surface area contributed by atoms with Crippen molar-refractivity contribution in [1.29, 1.82) is 0 Å². The highest BCUT2D eigenvalue weighted by molar-refractivity contribution is 5.79. The molecule has 0 amide bonds. The second kappa shape index (κ2) is 34.7. The number of aliphatic hydroxyl groups excluding tert-OH is 18. The maximum Gasteiger partial charge on any atom is 0.315 e. The van der Waals surface area contributed by atoms with Crippen molar-refractivity contribution in [3.05, 3.63) is 11.6 Å². The van der Waals surface area contributed by atoms with Crippen LogP contribution < -0.4 is 0 Å². The molecule has 5 aliphatic carbocycles. The van der Waals surface area contributed by atoms with Gasteiger partial charge in [0, 0.05) is 5.41 Å². The molecule has 117 heavy (non-hydrogen) atoms. The van der Waals surface area contributed by atoms with Gasteiger partial charge in [0.15, 0.2) is 49.4 Å². The predicted molar refractivity (Wildman–Crippen MR) is 381 cm³/mol. The molecule has 670 valence electrons. The average molecular weight is 1690 g/mol. The molecule has 7 heterocycles. The van der Waals surface area contributed by atoms with Crippen LogP contribution >= 0.6 is 0 Å². The van der Waals surface area contributed by atoms with Gasteiger partial charge in [0.25, 0.3) is 0 Å². The summed E-state index contributed by atoms with van der Waals surface area (Å²) >= 11 is 0. The number of ether oxygens (including phenoxy) is 15. The molecule has 43 atom stereocenters. The van der Waals surface area contributed by atoms with Crippen molar-refractivity contribution in [1.82, 2.24) is 0 Å². The van der Waals surface area contributed by atoms with E-state index in [-0.39, 0.29) is 38.5 Å². The zero-order chi connectivity index (χ0) is 86.0. The van der Waals surface area contributed by atoms with Crippen molar-refractivity contribution in [3.8, 4) is 0 Å². The number of rotatable bonds is 24. The Labute approximate surface area is 672 Å². The number of allylic oxidation sites excluding steroid dienone is 1. The van der Waals surface area contributed by atoms with Crippen LogP contribution in [-0.2, 0) is 90.2 Å². The quantitative estimate of drug-likeness (QED) is 0.0243. The molecule has 12 rings (SSSR count). The lowest BCUT2D eigenvalue weighted by Gasteiger charge is -2.71. The lowest BCUT2D eigenvalue weighted by Crippen LogP contribution is -2.71. The van der Waals surface area contributed by atoms with E-state index in [1.165, 1.54) is 27.7 Å². The fourth-order valence-corrected chi connectivity index (χ4v) is 21.4. The van der Waals surface area contributed by atoms with Gasteiger partial charge in [-0.15, -0.1) is 0 Å². The molecule has 0 aromatic rings. The number of carboxylic acids is 2. The largest absolute Gasteiger partial charge is 0.481 e. The van der Waals surface area contributed by atoms with E-state index in [0.717, 1.165) is 12.5 Å². The van der Waals surface area contributed by atoms with Gasteiger partial charge in [0.05, 0.1) is 86.7 Å². The van der Waals surface area contributed by atoms with Crippen LogP contribution in [0, 0.1) is 50.2 Å². The summed E-state index contributed by atoms with van der Waals surface area (Å²) in [5.74, 6) is -6.86. The van der Waals surface area contributed by atoms with Gasteiger partial charge < -0.3 is 183 Å². The normalized spacial score (nSPS) is 51.7. The predicted octanol–water partition coefficient (Wildman–Crippen LogP) is -7.03. The lowest BCUT2D eigenvalue weighted by molar-refractivity contribution is -0.398. The summed E-state index contributed by atoms with van der Waals surface area (Å²) in [5.41, 5.74) is -10.9. The van der Waals surface area contributed by atoms with Gasteiger partial charge in [0.2, 0.25) is 6.29 Å². The molecule has 41 heteroatoms. The second-order valence-corrected chi connectivity index (χ2v) is 36.5. The first-order chi connectivity index (χ1) is 54.6.